The lowest BCUT2D eigenvalue weighted by molar-refractivity contribution is 0.0693. The largest absolute Gasteiger partial charge is 0.478 e. The molecular weight excluding hydrogens is 294 g/mol. The molecule has 1 rings (SSSR count). The van der Waals surface area contributed by atoms with Gasteiger partial charge in [-0.15, -0.1) is 11.8 Å². The Morgan fingerprint density at radius 1 is 1.53 bits per heavy atom. The molecule has 1 atom stereocenters. The van der Waals surface area contributed by atoms with Gasteiger partial charge in [-0.1, -0.05) is 13.8 Å². The van der Waals surface area contributed by atoms with Crippen LogP contribution in [0.4, 0.5) is 8.78 Å². The van der Waals surface area contributed by atoms with Crippen LogP contribution in [0.3, 0.4) is 0 Å². The SMILES string of the molecule is CC[C@@H](C)Sc1c(C(F)(F)Cl)ccc(C(=O)O)c1C. The van der Waals surface area contributed by atoms with Gasteiger partial charge in [-0.25, -0.2) is 4.79 Å². The summed E-state index contributed by atoms with van der Waals surface area (Å²) in [5, 5.41) is 5.64. The summed E-state index contributed by atoms with van der Waals surface area (Å²) in [6.45, 7) is 5.36. The molecule has 0 aromatic heterocycles. The van der Waals surface area contributed by atoms with E-state index < -0.39 is 11.4 Å². The van der Waals surface area contributed by atoms with Gasteiger partial charge >= 0.3 is 11.4 Å². The van der Waals surface area contributed by atoms with E-state index in [9.17, 15) is 13.6 Å². The highest BCUT2D eigenvalue weighted by atomic mass is 35.5. The average molecular weight is 309 g/mol. The maximum absolute atomic E-state index is 13.4. The highest BCUT2D eigenvalue weighted by Crippen LogP contribution is 2.42. The van der Waals surface area contributed by atoms with Crippen LogP contribution < -0.4 is 0 Å². The molecule has 1 N–H and O–H groups in total. The van der Waals surface area contributed by atoms with Crippen LogP contribution in [0.5, 0.6) is 0 Å². The fraction of sp³-hybridized carbons (Fsp3) is 0.462. The molecule has 1 aromatic carbocycles. The number of benzene rings is 1. The van der Waals surface area contributed by atoms with E-state index in [0.717, 1.165) is 12.5 Å². The molecule has 0 aliphatic carbocycles. The van der Waals surface area contributed by atoms with Crippen molar-refractivity contribution in [1.29, 1.82) is 0 Å². The number of alkyl halides is 3. The zero-order valence-electron chi connectivity index (χ0n) is 10.8. The summed E-state index contributed by atoms with van der Waals surface area (Å²) in [6, 6.07) is 2.26. The Bertz CT molecular complexity index is 486. The molecule has 2 nitrogen and oxygen atoms in total. The van der Waals surface area contributed by atoms with Gasteiger partial charge in [0.1, 0.15) is 0 Å². The van der Waals surface area contributed by atoms with E-state index in [1.165, 1.54) is 24.8 Å². The molecule has 0 unspecified atom stereocenters. The molecule has 0 saturated heterocycles. The highest BCUT2D eigenvalue weighted by Gasteiger charge is 2.33. The molecule has 0 heterocycles. The van der Waals surface area contributed by atoms with E-state index in [0.29, 0.717) is 5.56 Å². The number of halogens is 3. The Morgan fingerprint density at radius 3 is 2.53 bits per heavy atom. The Kier molecular flexibility index (Phi) is 5.21. The third-order valence-corrected chi connectivity index (χ3v) is 4.54. The Labute approximate surface area is 120 Å². The van der Waals surface area contributed by atoms with Crippen LogP contribution in [0.2, 0.25) is 0 Å². The van der Waals surface area contributed by atoms with Gasteiger partial charge in [-0.05, 0) is 42.6 Å². The second-order valence-corrected chi connectivity index (χ2v) is 6.18. The summed E-state index contributed by atoms with van der Waals surface area (Å²) in [7, 11) is 0. The molecule has 0 aliphatic heterocycles. The normalized spacial score (nSPS) is 13.4. The lowest BCUT2D eigenvalue weighted by atomic mass is 10.0. The zero-order chi connectivity index (χ0) is 14.8. The predicted molar refractivity (Wildman–Crippen MR) is 73.5 cm³/mol. The van der Waals surface area contributed by atoms with Gasteiger partial charge in [0.15, 0.2) is 0 Å². The molecule has 0 amide bonds. The van der Waals surface area contributed by atoms with E-state index in [2.05, 4.69) is 0 Å². The second-order valence-electron chi connectivity index (χ2n) is 4.25. The Morgan fingerprint density at radius 2 is 2.11 bits per heavy atom. The molecule has 0 radical (unpaired) electrons. The predicted octanol–water partition coefficient (Wildman–Crippen LogP) is 4.87. The number of rotatable bonds is 5. The number of carboxylic acid groups (broad SMARTS) is 1. The maximum Gasteiger partial charge on any atom is 0.349 e. The van der Waals surface area contributed by atoms with Crippen molar-refractivity contribution in [2.45, 2.75) is 42.7 Å². The van der Waals surface area contributed by atoms with Crippen LogP contribution in [-0.2, 0) is 5.38 Å². The van der Waals surface area contributed by atoms with Crippen molar-refractivity contribution in [3.63, 3.8) is 0 Å². The molecule has 19 heavy (non-hydrogen) atoms. The molecule has 0 saturated carbocycles. The number of carboxylic acids is 1. The Balaban J connectivity index is 3.42. The number of thioether (sulfide) groups is 1. The molecule has 106 valence electrons. The molecule has 0 spiro atoms. The third kappa shape index (κ3) is 3.83. The smallest absolute Gasteiger partial charge is 0.349 e. The van der Waals surface area contributed by atoms with Crippen molar-refractivity contribution < 1.29 is 18.7 Å². The molecule has 1 aromatic rings. The lowest BCUT2D eigenvalue weighted by Crippen LogP contribution is -2.11. The highest BCUT2D eigenvalue weighted by molar-refractivity contribution is 8.00. The van der Waals surface area contributed by atoms with Crippen molar-refractivity contribution in [1.82, 2.24) is 0 Å². The van der Waals surface area contributed by atoms with E-state index in [-0.39, 0.29) is 21.3 Å². The average Bonchev–Trinajstić information content (AvgIpc) is 2.29. The first-order valence-corrected chi connectivity index (χ1v) is 7.05. The minimum Gasteiger partial charge on any atom is -0.478 e. The Hall–Kier alpha value is -0.810. The van der Waals surface area contributed by atoms with Crippen molar-refractivity contribution in [3.8, 4) is 0 Å². The first kappa shape index (κ1) is 16.2. The van der Waals surface area contributed by atoms with Gasteiger partial charge in [0.05, 0.1) is 11.1 Å². The van der Waals surface area contributed by atoms with Gasteiger partial charge in [0, 0.05) is 10.1 Å². The molecule has 0 aliphatic rings. The summed E-state index contributed by atoms with van der Waals surface area (Å²) in [5.74, 6) is -1.13. The van der Waals surface area contributed by atoms with Crippen molar-refractivity contribution in [2.24, 2.45) is 0 Å². The summed E-state index contributed by atoms with van der Waals surface area (Å²) >= 11 is 6.33. The van der Waals surface area contributed by atoms with E-state index in [1.54, 1.807) is 0 Å². The van der Waals surface area contributed by atoms with E-state index in [4.69, 9.17) is 16.7 Å². The summed E-state index contributed by atoms with van der Waals surface area (Å²) in [5.41, 5.74) is 0.0214. The summed E-state index contributed by atoms with van der Waals surface area (Å²) in [4.78, 5) is 11.3. The first-order chi connectivity index (χ1) is 8.68. The van der Waals surface area contributed by atoms with Gasteiger partial charge in [0.2, 0.25) is 0 Å². The monoisotopic (exact) mass is 308 g/mol. The fourth-order valence-corrected chi connectivity index (χ4v) is 2.98. The van der Waals surface area contributed by atoms with Crippen LogP contribution in [-0.4, -0.2) is 16.3 Å². The molecular formula is C13H15ClF2O2S. The molecule has 0 bridgehead atoms. The third-order valence-electron chi connectivity index (χ3n) is 2.84. The van der Waals surface area contributed by atoms with E-state index in [1.807, 2.05) is 13.8 Å². The fourth-order valence-electron chi connectivity index (χ4n) is 1.58. The van der Waals surface area contributed by atoms with Crippen LogP contribution in [0, 0.1) is 6.92 Å². The van der Waals surface area contributed by atoms with Crippen LogP contribution in [0.15, 0.2) is 17.0 Å². The van der Waals surface area contributed by atoms with Crippen molar-refractivity contribution >= 4 is 29.3 Å². The zero-order valence-corrected chi connectivity index (χ0v) is 12.4. The lowest BCUT2D eigenvalue weighted by Gasteiger charge is -2.19. The molecule has 0 fully saturated rings. The second kappa shape index (κ2) is 6.09. The van der Waals surface area contributed by atoms with Crippen LogP contribution in [0.1, 0.15) is 41.8 Å². The van der Waals surface area contributed by atoms with Gasteiger partial charge in [-0.2, -0.15) is 8.78 Å². The van der Waals surface area contributed by atoms with Crippen LogP contribution >= 0.6 is 23.4 Å². The summed E-state index contributed by atoms with van der Waals surface area (Å²) < 4.78 is 26.8. The quantitative estimate of drug-likeness (QED) is 0.622. The number of aromatic carboxylic acids is 1. The number of carbonyl (C=O) groups is 1. The minimum atomic E-state index is -3.50. The standard InChI is InChI=1S/C13H15ClF2O2S/c1-4-7(2)19-11-8(3)9(12(17)18)5-6-10(11)13(14,15)16/h5-7H,4H2,1-3H3,(H,17,18)/t7-/m1/s1. The summed E-state index contributed by atoms with van der Waals surface area (Å²) in [6.07, 6.45) is 0.786. The van der Waals surface area contributed by atoms with Crippen molar-refractivity contribution in [3.05, 3.63) is 28.8 Å². The van der Waals surface area contributed by atoms with Crippen LogP contribution in [0.25, 0.3) is 0 Å². The first-order valence-electron chi connectivity index (χ1n) is 5.79. The molecule has 6 heteroatoms. The number of hydrogen-bond donors (Lipinski definition) is 1. The topological polar surface area (TPSA) is 37.3 Å². The maximum atomic E-state index is 13.4. The number of hydrogen-bond acceptors (Lipinski definition) is 2. The van der Waals surface area contributed by atoms with Crippen molar-refractivity contribution in [2.75, 3.05) is 0 Å². The van der Waals surface area contributed by atoms with E-state index >= 15 is 0 Å². The minimum absolute atomic E-state index is 0.0236. The van der Waals surface area contributed by atoms with Gasteiger partial charge in [-0.3, -0.25) is 0 Å². The van der Waals surface area contributed by atoms with Gasteiger partial charge < -0.3 is 5.11 Å². The van der Waals surface area contributed by atoms with Gasteiger partial charge in [0.25, 0.3) is 0 Å².